The highest BCUT2D eigenvalue weighted by atomic mass is 32.2. The predicted molar refractivity (Wildman–Crippen MR) is 127 cm³/mol. The van der Waals surface area contributed by atoms with Crippen molar-refractivity contribution in [2.45, 2.75) is 45.9 Å². The monoisotopic (exact) mass is 426 g/mol. The summed E-state index contributed by atoms with van der Waals surface area (Å²) in [5, 5.41) is 2.96. The molecule has 0 radical (unpaired) electrons. The smallest absolute Gasteiger partial charge is 0.242 e. The van der Waals surface area contributed by atoms with Gasteiger partial charge in [-0.3, -0.25) is 9.59 Å². The molecule has 2 rings (SSSR count). The number of nitrogens with one attached hydrogen (secondary N) is 1. The van der Waals surface area contributed by atoms with E-state index in [0.717, 1.165) is 17.7 Å². The number of thioether (sulfide) groups is 1. The van der Waals surface area contributed by atoms with E-state index in [1.54, 1.807) is 16.7 Å². The lowest BCUT2D eigenvalue weighted by molar-refractivity contribution is -0.138. The molecule has 0 aliphatic carbocycles. The Hall–Kier alpha value is -2.27. The minimum Gasteiger partial charge on any atom is -0.354 e. The molecule has 1 atom stereocenters. The van der Waals surface area contributed by atoms with Gasteiger partial charge < -0.3 is 10.2 Å². The molecule has 0 aliphatic heterocycles. The summed E-state index contributed by atoms with van der Waals surface area (Å²) < 4.78 is 0. The maximum atomic E-state index is 13.0. The van der Waals surface area contributed by atoms with Gasteiger partial charge in [0.05, 0.1) is 5.75 Å². The molecule has 2 aromatic carbocycles. The van der Waals surface area contributed by atoms with Crippen LogP contribution < -0.4 is 5.32 Å². The number of hydrogen-bond acceptors (Lipinski definition) is 3. The van der Waals surface area contributed by atoms with Crippen molar-refractivity contribution in [3.63, 3.8) is 0 Å². The summed E-state index contributed by atoms with van der Waals surface area (Å²) in [6.45, 7) is 9.17. The van der Waals surface area contributed by atoms with Crippen molar-refractivity contribution in [3.8, 4) is 0 Å². The van der Waals surface area contributed by atoms with Gasteiger partial charge in [-0.2, -0.15) is 0 Å². The SMILES string of the molecule is Cc1cccc(CSCC(=O)N(CCc2ccccc2)[C@@H](C)C(=O)NCC(C)C)c1. The first-order valence-electron chi connectivity index (χ1n) is 10.6. The van der Waals surface area contributed by atoms with E-state index in [1.807, 2.05) is 31.2 Å². The highest BCUT2D eigenvalue weighted by molar-refractivity contribution is 7.99. The molecule has 0 aliphatic rings. The highest BCUT2D eigenvalue weighted by Gasteiger charge is 2.25. The largest absolute Gasteiger partial charge is 0.354 e. The van der Waals surface area contributed by atoms with Crippen molar-refractivity contribution in [1.82, 2.24) is 10.2 Å². The third-order valence-electron chi connectivity index (χ3n) is 4.91. The molecule has 0 spiro atoms. The number of carbonyl (C=O) groups is 2. The normalized spacial score (nSPS) is 11.9. The molecule has 0 heterocycles. The van der Waals surface area contributed by atoms with Gasteiger partial charge in [-0.1, -0.05) is 74.0 Å². The van der Waals surface area contributed by atoms with Crippen molar-refractivity contribution in [2.24, 2.45) is 5.92 Å². The molecule has 2 amide bonds. The lowest BCUT2D eigenvalue weighted by atomic mass is 10.1. The summed E-state index contributed by atoms with van der Waals surface area (Å²) >= 11 is 1.60. The lowest BCUT2D eigenvalue weighted by Gasteiger charge is -2.29. The van der Waals surface area contributed by atoms with Gasteiger partial charge in [0.25, 0.3) is 0 Å². The third-order valence-corrected chi connectivity index (χ3v) is 5.90. The molecule has 162 valence electrons. The minimum absolute atomic E-state index is 0.00998. The van der Waals surface area contributed by atoms with E-state index in [9.17, 15) is 9.59 Å². The second-order valence-corrected chi connectivity index (χ2v) is 9.11. The Kier molecular flexibility index (Phi) is 9.95. The van der Waals surface area contributed by atoms with Crippen LogP contribution in [0, 0.1) is 12.8 Å². The molecule has 0 unspecified atom stereocenters. The Morgan fingerprint density at radius 1 is 1.00 bits per heavy atom. The first-order valence-corrected chi connectivity index (χ1v) is 11.8. The molecule has 4 nitrogen and oxygen atoms in total. The van der Waals surface area contributed by atoms with Crippen LogP contribution in [0.3, 0.4) is 0 Å². The van der Waals surface area contributed by atoms with E-state index in [0.29, 0.717) is 24.8 Å². The minimum atomic E-state index is -0.487. The number of aryl methyl sites for hydroxylation is 1. The molecule has 0 bridgehead atoms. The molecule has 0 saturated carbocycles. The molecule has 30 heavy (non-hydrogen) atoms. The molecular formula is C25H34N2O2S. The summed E-state index contributed by atoms with van der Waals surface area (Å²) in [7, 11) is 0. The fraction of sp³-hybridized carbons (Fsp3) is 0.440. The molecule has 0 aromatic heterocycles. The summed E-state index contributed by atoms with van der Waals surface area (Å²) in [4.78, 5) is 27.4. The second kappa shape index (κ2) is 12.4. The quantitative estimate of drug-likeness (QED) is 0.577. The predicted octanol–water partition coefficient (Wildman–Crippen LogP) is 4.46. The van der Waals surface area contributed by atoms with Crippen LogP contribution in [-0.4, -0.2) is 41.6 Å². The van der Waals surface area contributed by atoms with E-state index < -0.39 is 6.04 Å². The van der Waals surface area contributed by atoms with Crippen molar-refractivity contribution >= 4 is 23.6 Å². The fourth-order valence-corrected chi connectivity index (χ4v) is 4.02. The van der Waals surface area contributed by atoms with Crippen molar-refractivity contribution < 1.29 is 9.59 Å². The van der Waals surface area contributed by atoms with Gasteiger partial charge in [-0.15, -0.1) is 11.8 Å². The molecule has 0 fully saturated rings. The Morgan fingerprint density at radius 2 is 1.70 bits per heavy atom. The Morgan fingerprint density at radius 3 is 2.37 bits per heavy atom. The number of carbonyl (C=O) groups excluding carboxylic acids is 2. The second-order valence-electron chi connectivity index (χ2n) is 8.12. The Balaban J connectivity index is 1.98. The average Bonchev–Trinajstić information content (AvgIpc) is 2.72. The van der Waals surface area contributed by atoms with Gasteiger partial charge >= 0.3 is 0 Å². The van der Waals surface area contributed by atoms with E-state index in [-0.39, 0.29) is 11.8 Å². The van der Waals surface area contributed by atoms with E-state index >= 15 is 0 Å². The van der Waals surface area contributed by atoms with Crippen molar-refractivity contribution in [2.75, 3.05) is 18.8 Å². The van der Waals surface area contributed by atoms with Crippen LogP contribution >= 0.6 is 11.8 Å². The Bertz CT molecular complexity index is 808. The van der Waals surface area contributed by atoms with Crippen LogP contribution in [0.4, 0.5) is 0 Å². The van der Waals surface area contributed by atoms with E-state index in [4.69, 9.17) is 0 Å². The van der Waals surface area contributed by atoms with Gasteiger partial charge in [0.1, 0.15) is 6.04 Å². The molecule has 1 N–H and O–H groups in total. The zero-order chi connectivity index (χ0) is 21.9. The molecule has 0 saturated heterocycles. The average molecular weight is 427 g/mol. The van der Waals surface area contributed by atoms with Crippen molar-refractivity contribution in [3.05, 3.63) is 71.3 Å². The van der Waals surface area contributed by atoms with E-state index in [1.165, 1.54) is 11.1 Å². The highest BCUT2D eigenvalue weighted by Crippen LogP contribution is 2.15. The lowest BCUT2D eigenvalue weighted by Crippen LogP contribution is -2.50. The van der Waals surface area contributed by atoms with Gasteiger partial charge in [-0.05, 0) is 37.3 Å². The summed E-state index contributed by atoms with van der Waals surface area (Å²) in [5.41, 5.74) is 3.60. The van der Waals surface area contributed by atoms with E-state index in [2.05, 4.69) is 56.4 Å². The van der Waals surface area contributed by atoms with Gasteiger partial charge in [0.15, 0.2) is 0 Å². The topological polar surface area (TPSA) is 49.4 Å². The third kappa shape index (κ3) is 8.23. The maximum absolute atomic E-state index is 13.0. The number of nitrogens with zero attached hydrogens (tertiary/aromatic N) is 1. The van der Waals surface area contributed by atoms with Gasteiger partial charge in [0, 0.05) is 18.8 Å². The van der Waals surface area contributed by atoms with Crippen LogP contribution in [0.1, 0.15) is 37.5 Å². The number of benzene rings is 2. The number of amides is 2. The maximum Gasteiger partial charge on any atom is 0.242 e. The summed E-state index contributed by atoms with van der Waals surface area (Å²) in [5.74, 6) is 1.45. The first-order chi connectivity index (χ1) is 14.4. The zero-order valence-corrected chi connectivity index (χ0v) is 19.4. The Labute approximate surface area is 185 Å². The van der Waals surface area contributed by atoms with Crippen LogP contribution in [0.15, 0.2) is 54.6 Å². The zero-order valence-electron chi connectivity index (χ0n) is 18.6. The summed E-state index contributed by atoms with van der Waals surface area (Å²) in [6.07, 6.45) is 0.733. The van der Waals surface area contributed by atoms with Crippen LogP contribution in [0.5, 0.6) is 0 Å². The fourth-order valence-electron chi connectivity index (χ4n) is 3.16. The van der Waals surface area contributed by atoms with Crippen molar-refractivity contribution in [1.29, 1.82) is 0 Å². The number of hydrogen-bond donors (Lipinski definition) is 1. The number of rotatable bonds is 11. The molecule has 5 heteroatoms. The van der Waals surface area contributed by atoms with Crippen LogP contribution in [0.25, 0.3) is 0 Å². The van der Waals surface area contributed by atoms with Crippen LogP contribution in [0.2, 0.25) is 0 Å². The standard InChI is InChI=1S/C25H34N2O2S/c1-19(2)16-26-25(29)21(4)27(14-13-22-10-6-5-7-11-22)24(28)18-30-17-23-12-8-9-20(3)15-23/h5-12,15,19,21H,13-14,16-18H2,1-4H3,(H,26,29)/t21-/m0/s1. The summed E-state index contributed by atoms with van der Waals surface area (Å²) in [6, 6.07) is 17.9. The first kappa shape index (κ1) is 24.0. The van der Waals surface area contributed by atoms with Gasteiger partial charge in [-0.25, -0.2) is 0 Å². The molecule has 2 aromatic rings. The van der Waals surface area contributed by atoms with Gasteiger partial charge in [0.2, 0.25) is 11.8 Å². The van der Waals surface area contributed by atoms with Crippen LogP contribution in [-0.2, 0) is 21.8 Å². The molecular weight excluding hydrogens is 392 g/mol.